The van der Waals surface area contributed by atoms with E-state index in [9.17, 15) is 4.79 Å². The number of hydrogen-bond acceptors (Lipinski definition) is 3. The molecule has 7 unspecified atom stereocenters. The summed E-state index contributed by atoms with van der Waals surface area (Å²) in [6.07, 6.45) is 13.3. The molecule has 0 bridgehead atoms. The topological polar surface area (TPSA) is 35.5 Å². The molecule has 29 heavy (non-hydrogen) atoms. The molecule has 0 saturated heterocycles. The van der Waals surface area contributed by atoms with Gasteiger partial charge in [0.2, 0.25) is 0 Å². The molecule has 1 spiro atoms. The van der Waals surface area contributed by atoms with Gasteiger partial charge in [0.25, 0.3) is 0 Å². The van der Waals surface area contributed by atoms with Crippen LogP contribution < -0.4 is 0 Å². The first-order valence-electron chi connectivity index (χ1n) is 12.4. The van der Waals surface area contributed by atoms with Gasteiger partial charge in [-0.25, -0.2) is 0 Å². The number of ether oxygens (including phenoxy) is 2. The summed E-state index contributed by atoms with van der Waals surface area (Å²) in [5.74, 6) is 4.92. The van der Waals surface area contributed by atoms with Crippen molar-refractivity contribution in [3.8, 4) is 0 Å². The SMILES string of the molecule is COC(=O)CC[C@@H](C)C1CCC2C3CC(OC)C45CC4CC[C@]5(C)C3CC[C@@]21C. The average molecular weight is 403 g/mol. The normalized spacial score (nSPS) is 53.4. The van der Waals surface area contributed by atoms with Crippen LogP contribution in [0.5, 0.6) is 0 Å². The van der Waals surface area contributed by atoms with Crippen LogP contribution >= 0.6 is 0 Å². The molecule has 3 heteroatoms. The fourth-order valence-corrected chi connectivity index (χ4v) is 10.2. The van der Waals surface area contributed by atoms with Crippen molar-refractivity contribution >= 4 is 5.97 Å². The second kappa shape index (κ2) is 6.71. The average Bonchev–Trinajstić information content (AvgIpc) is 3.22. The van der Waals surface area contributed by atoms with Gasteiger partial charge in [-0.3, -0.25) is 4.79 Å². The van der Waals surface area contributed by atoms with Crippen LogP contribution in [0.4, 0.5) is 0 Å². The maximum absolute atomic E-state index is 11.7. The van der Waals surface area contributed by atoms with Crippen LogP contribution in [-0.2, 0) is 14.3 Å². The van der Waals surface area contributed by atoms with Crippen LogP contribution in [0.25, 0.3) is 0 Å². The van der Waals surface area contributed by atoms with Gasteiger partial charge in [-0.2, -0.15) is 0 Å². The molecule has 0 aromatic heterocycles. The Hall–Kier alpha value is -0.570. The first-order chi connectivity index (χ1) is 13.8. The molecule has 0 aromatic carbocycles. The van der Waals surface area contributed by atoms with Gasteiger partial charge in [-0.05, 0) is 104 Å². The van der Waals surface area contributed by atoms with Gasteiger partial charge in [0.15, 0.2) is 0 Å². The van der Waals surface area contributed by atoms with Gasteiger partial charge in [-0.15, -0.1) is 0 Å². The van der Waals surface area contributed by atoms with Crippen molar-refractivity contribution in [3.63, 3.8) is 0 Å². The first-order valence-corrected chi connectivity index (χ1v) is 12.4. The fourth-order valence-electron chi connectivity index (χ4n) is 10.2. The van der Waals surface area contributed by atoms with Crippen molar-refractivity contribution in [2.24, 2.45) is 51.8 Å². The Balaban J connectivity index is 1.37. The van der Waals surface area contributed by atoms with E-state index in [0.29, 0.717) is 34.7 Å². The van der Waals surface area contributed by atoms with E-state index in [4.69, 9.17) is 9.47 Å². The molecule has 5 aliphatic rings. The quantitative estimate of drug-likeness (QED) is 0.540. The maximum atomic E-state index is 11.7. The molecule has 0 aromatic rings. The third-order valence-corrected chi connectivity index (χ3v) is 11.6. The van der Waals surface area contributed by atoms with Crippen LogP contribution in [0.1, 0.15) is 85.0 Å². The van der Waals surface area contributed by atoms with Crippen molar-refractivity contribution in [3.05, 3.63) is 0 Å². The third-order valence-electron chi connectivity index (χ3n) is 11.6. The van der Waals surface area contributed by atoms with Gasteiger partial charge < -0.3 is 9.47 Å². The maximum Gasteiger partial charge on any atom is 0.305 e. The minimum absolute atomic E-state index is 0.0473. The van der Waals surface area contributed by atoms with E-state index in [0.717, 1.165) is 36.0 Å². The molecule has 5 fully saturated rings. The lowest BCUT2D eigenvalue weighted by Crippen LogP contribution is -2.57. The Morgan fingerprint density at radius 1 is 1.07 bits per heavy atom. The summed E-state index contributed by atoms with van der Waals surface area (Å²) in [4.78, 5) is 11.7. The van der Waals surface area contributed by atoms with E-state index in [2.05, 4.69) is 20.8 Å². The minimum Gasteiger partial charge on any atom is -0.469 e. The lowest BCUT2D eigenvalue weighted by Gasteiger charge is -2.61. The summed E-state index contributed by atoms with van der Waals surface area (Å²) in [5.41, 5.74) is 1.51. The third kappa shape index (κ3) is 2.55. The van der Waals surface area contributed by atoms with Crippen LogP contribution in [0, 0.1) is 51.8 Å². The van der Waals surface area contributed by atoms with Crippen molar-refractivity contribution in [2.45, 2.75) is 91.1 Å². The van der Waals surface area contributed by atoms with Crippen molar-refractivity contribution in [1.82, 2.24) is 0 Å². The monoisotopic (exact) mass is 402 g/mol. The van der Waals surface area contributed by atoms with Crippen LogP contribution in [0.3, 0.4) is 0 Å². The highest BCUT2D eigenvalue weighted by atomic mass is 16.5. The van der Waals surface area contributed by atoms with Crippen LogP contribution in [-0.4, -0.2) is 26.3 Å². The molecule has 0 aliphatic heterocycles. The number of fused-ring (bicyclic) bond motifs is 4. The number of carbonyl (C=O) groups is 1. The van der Waals surface area contributed by atoms with Gasteiger partial charge in [0.1, 0.15) is 0 Å². The molecule has 0 amide bonds. The molecular formula is C26H42O3. The number of rotatable bonds is 5. The van der Waals surface area contributed by atoms with Crippen LogP contribution in [0.15, 0.2) is 0 Å². The Morgan fingerprint density at radius 2 is 1.86 bits per heavy atom. The summed E-state index contributed by atoms with van der Waals surface area (Å²) in [6, 6.07) is 0. The van der Waals surface area contributed by atoms with Gasteiger partial charge in [0, 0.05) is 18.9 Å². The van der Waals surface area contributed by atoms with E-state index in [1.54, 1.807) is 0 Å². The van der Waals surface area contributed by atoms with Crippen LogP contribution in [0.2, 0.25) is 0 Å². The van der Waals surface area contributed by atoms with Gasteiger partial charge >= 0.3 is 5.97 Å². The fraction of sp³-hybridized carbons (Fsp3) is 0.962. The zero-order valence-electron chi connectivity index (χ0n) is 19.3. The number of carbonyl (C=O) groups excluding carboxylic acids is 1. The van der Waals surface area contributed by atoms with Crippen molar-refractivity contribution in [1.29, 1.82) is 0 Å². The molecule has 0 N–H and O–H groups in total. The highest BCUT2D eigenvalue weighted by Crippen LogP contribution is 2.82. The van der Waals surface area contributed by atoms with Gasteiger partial charge in [-0.1, -0.05) is 20.8 Å². The predicted molar refractivity (Wildman–Crippen MR) is 114 cm³/mol. The second-order valence-corrected chi connectivity index (χ2v) is 12.1. The van der Waals surface area contributed by atoms with E-state index in [-0.39, 0.29) is 5.97 Å². The highest BCUT2D eigenvalue weighted by Gasteiger charge is 2.77. The first kappa shape index (κ1) is 20.3. The second-order valence-electron chi connectivity index (χ2n) is 12.1. The zero-order valence-corrected chi connectivity index (χ0v) is 19.3. The van der Waals surface area contributed by atoms with Gasteiger partial charge in [0.05, 0.1) is 13.2 Å². The molecule has 0 heterocycles. The Labute approximate surface area is 177 Å². The van der Waals surface area contributed by atoms with E-state index in [1.165, 1.54) is 58.5 Å². The molecular weight excluding hydrogens is 360 g/mol. The summed E-state index contributed by atoms with van der Waals surface area (Å²) >= 11 is 0. The van der Waals surface area contributed by atoms with E-state index in [1.807, 2.05) is 7.11 Å². The zero-order chi connectivity index (χ0) is 20.6. The Morgan fingerprint density at radius 3 is 2.55 bits per heavy atom. The van der Waals surface area contributed by atoms with Crippen molar-refractivity contribution < 1.29 is 14.3 Å². The molecule has 5 rings (SSSR count). The highest BCUT2D eigenvalue weighted by molar-refractivity contribution is 5.69. The number of methoxy groups -OCH3 is 2. The number of esters is 1. The standard InChI is InChI=1S/C26H42O3/c1-16(6-9-23(27)29-5)19-7-8-20-18-14-22(28-4)26-15-17(26)10-13-25(26,3)21(18)11-12-24(19,20)2/h16-22H,6-15H2,1-5H3/t16-,17?,18?,19?,20?,21?,22?,24-,25-,26?/m1/s1. The number of hydrogen-bond donors (Lipinski definition) is 0. The summed E-state index contributed by atoms with van der Waals surface area (Å²) in [6.45, 7) is 7.68. The van der Waals surface area contributed by atoms with Crippen molar-refractivity contribution in [2.75, 3.05) is 14.2 Å². The molecule has 0 radical (unpaired) electrons. The summed E-state index contributed by atoms with van der Waals surface area (Å²) in [7, 11) is 3.50. The van der Waals surface area contributed by atoms with E-state index >= 15 is 0 Å². The minimum atomic E-state index is -0.0473. The molecule has 164 valence electrons. The Kier molecular flexibility index (Phi) is 4.71. The summed E-state index contributed by atoms with van der Waals surface area (Å²) < 4.78 is 11.1. The molecule has 10 atom stereocenters. The lowest BCUT2D eigenvalue weighted by molar-refractivity contribution is -0.161. The molecule has 5 aliphatic carbocycles. The smallest absolute Gasteiger partial charge is 0.305 e. The lowest BCUT2D eigenvalue weighted by atomic mass is 9.45. The van der Waals surface area contributed by atoms with E-state index < -0.39 is 0 Å². The summed E-state index contributed by atoms with van der Waals surface area (Å²) in [5, 5.41) is 0. The molecule has 5 saturated carbocycles. The molecule has 3 nitrogen and oxygen atoms in total. The predicted octanol–water partition coefficient (Wildman–Crippen LogP) is 5.86. The largest absolute Gasteiger partial charge is 0.469 e. The Bertz CT molecular complexity index is 675.